The number of rotatable bonds is 8. The Labute approximate surface area is 186 Å². The second-order valence-corrected chi connectivity index (χ2v) is 7.23. The van der Waals surface area contributed by atoms with Gasteiger partial charge in [-0.3, -0.25) is 4.79 Å². The number of imidazole rings is 1. The Balaban J connectivity index is 1.69. The van der Waals surface area contributed by atoms with Gasteiger partial charge in [-0.25, -0.2) is 9.78 Å². The predicted molar refractivity (Wildman–Crippen MR) is 121 cm³/mol. The van der Waals surface area contributed by atoms with Gasteiger partial charge in [-0.1, -0.05) is 19.1 Å². The molecule has 2 N–H and O–H groups in total. The van der Waals surface area contributed by atoms with Crippen LogP contribution in [0.25, 0.3) is 11.4 Å². The fraction of sp³-hybridized carbons (Fsp3) is 0.292. The predicted octanol–water partition coefficient (Wildman–Crippen LogP) is 4.28. The highest BCUT2D eigenvalue weighted by Gasteiger charge is 2.23. The SMILES string of the molecule is CCC(OC(=O)c1ccc(-c2nc(C)c(C)[nH]2)cc1)C(=O)Nc1cc(OC)ccc1OC. The minimum absolute atomic E-state index is 0.312. The van der Waals surface area contributed by atoms with Crippen molar-refractivity contribution in [1.29, 1.82) is 0 Å². The van der Waals surface area contributed by atoms with Crippen LogP contribution in [0.1, 0.15) is 35.1 Å². The molecule has 0 aliphatic heterocycles. The van der Waals surface area contributed by atoms with Crippen LogP contribution in [-0.2, 0) is 9.53 Å². The zero-order valence-electron chi connectivity index (χ0n) is 18.8. The van der Waals surface area contributed by atoms with Crippen LogP contribution in [0.15, 0.2) is 42.5 Å². The van der Waals surface area contributed by atoms with Gasteiger partial charge in [0, 0.05) is 17.3 Å². The maximum Gasteiger partial charge on any atom is 0.338 e. The minimum atomic E-state index is -0.964. The highest BCUT2D eigenvalue weighted by molar-refractivity contribution is 5.98. The lowest BCUT2D eigenvalue weighted by atomic mass is 10.1. The number of carbonyl (C=O) groups is 2. The summed E-state index contributed by atoms with van der Waals surface area (Å²) < 4.78 is 15.9. The minimum Gasteiger partial charge on any atom is -0.497 e. The van der Waals surface area contributed by atoms with Crippen molar-refractivity contribution in [2.45, 2.75) is 33.3 Å². The highest BCUT2D eigenvalue weighted by atomic mass is 16.5. The summed E-state index contributed by atoms with van der Waals surface area (Å²) in [7, 11) is 3.04. The summed E-state index contributed by atoms with van der Waals surface area (Å²) in [5.41, 5.74) is 3.55. The van der Waals surface area contributed by atoms with E-state index in [1.54, 1.807) is 49.4 Å². The monoisotopic (exact) mass is 437 g/mol. The van der Waals surface area contributed by atoms with Crippen LogP contribution in [0.5, 0.6) is 11.5 Å². The molecule has 0 fully saturated rings. The molecule has 0 aliphatic rings. The molecule has 1 aromatic heterocycles. The molecular formula is C24H27N3O5. The highest BCUT2D eigenvalue weighted by Crippen LogP contribution is 2.29. The number of amides is 1. The number of aromatic amines is 1. The molecule has 32 heavy (non-hydrogen) atoms. The van der Waals surface area contributed by atoms with Gasteiger partial charge in [0.05, 0.1) is 31.2 Å². The molecule has 1 unspecified atom stereocenters. The Morgan fingerprint density at radius 3 is 2.34 bits per heavy atom. The van der Waals surface area contributed by atoms with E-state index in [-0.39, 0.29) is 0 Å². The van der Waals surface area contributed by atoms with E-state index in [0.29, 0.717) is 29.2 Å². The Hall–Kier alpha value is -3.81. The third-order valence-corrected chi connectivity index (χ3v) is 5.10. The lowest BCUT2D eigenvalue weighted by Crippen LogP contribution is -2.32. The first-order chi connectivity index (χ1) is 15.4. The number of carbonyl (C=O) groups excluding carboxylic acids is 2. The molecule has 0 radical (unpaired) electrons. The number of esters is 1. The molecule has 0 saturated carbocycles. The number of hydrogen-bond acceptors (Lipinski definition) is 6. The summed E-state index contributed by atoms with van der Waals surface area (Å²) in [4.78, 5) is 33.1. The average molecular weight is 437 g/mol. The summed E-state index contributed by atoms with van der Waals surface area (Å²) in [5, 5.41) is 2.75. The number of nitrogens with one attached hydrogen (secondary N) is 2. The third kappa shape index (κ3) is 5.08. The summed E-state index contributed by atoms with van der Waals surface area (Å²) in [6.07, 6.45) is -0.652. The van der Waals surface area contributed by atoms with Gasteiger partial charge < -0.3 is 24.5 Å². The standard InChI is InChI=1S/C24H27N3O5/c1-6-20(23(28)27-19-13-18(30-4)11-12-21(19)31-5)32-24(29)17-9-7-16(8-10-17)22-25-14(2)15(3)26-22/h7-13,20H,6H2,1-5H3,(H,25,26)(H,27,28). The van der Waals surface area contributed by atoms with E-state index in [0.717, 1.165) is 22.8 Å². The van der Waals surface area contributed by atoms with Gasteiger partial charge in [0.25, 0.3) is 5.91 Å². The van der Waals surface area contributed by atoms with E-state index in [1.807, 2.05) is 13.8 Å². The summed E-state index contributed by atoms with van der Waals surface area (Å²) >= 11 is 0. The average Bonchev–Trinajstić information content (AvgIpc) is 3.15. The summed E-state index contributed by atoms with van der Waals surface area (Å²) in [5.74, 6) is 0.735. The van der Waals surface area contributed by atoms with Gasteiger partial charge in [-0.2, -0.15) is 0 Å². The fourth-order valence-corrected chi connectivity index (χ4v) is 3.09. The van der Waals surface area contributed by atoms with E-state index in [4.69, 9.17) is 14.2 Å². The van der Waals surface area contributed by atoms with Gasteiger partial charge in [-0.05, 0) is 44.5 Å². The zero-order valence-corrected chi connectivity index (χ0v) is 18.8. The van der Waals surface area contributed by atoms with Crippen molar-refractivity contribution in [3.63, 3.8) is 0 Å². The third-order valence-electron chi connectivity index (χ3n) is 5.10. The smallest absolute Gasteiger partial charge is 0.338 e. The van der Waals surface area contributed by atoms with Gasteiger partial charge in [0.15, 0.2) is 6.10 Å². The Morgan fingerprint density at radius 2 is 1.78 bits per heavy atom. The maximum absolute atomic E-state index is 12.8. The van der Waals surface area contributed by atoms with E-state index in [9.17, 15) is 9.59 Å². The Kier molecular flexibility index (Phi) is 7.14. The molecule has 0 bridgehead atoms. The number of benzene rings is 2. The van der Waals surface area contributed by atoms with Gasteiger partial charge in [0.1, 0.15) is 17.3 Å². The second-order valence-electron chi connectivity index (χ2n) is 7.23. The number of methoxy groups -OCH3 is 2. The lowest BCUT2D eigenvalue weighted by Gasteiger charge is -2.18. The Bertz CT molecular complexity index is 1090. The van der Waals surface area contributed by atoms with Crippen LogP contribution < -0.4 is 14.8 Å². The molecule has 0 aliphatic carbocycles. The van der Waals surface area contributed by atoms with Gasteiger partial charge >= 0.3 is 5.97 Å². The number of hydrogen-bond donors (Lipinski definition) is 2. The van der Waals surface area contributed by atoms with Gasteiger partial charge in [0.2, 0.25) is 0 Å². The van der Waals surface area contributed by atoms with Crippen LogP contribution >= 0.6 is 0 Å². The van der Waals surface area contributed by atoms with Crippen LogP contribution in [0.2, 0.25) is 0 Å². The Morgan fingerprint density at radius 1 is 1.06 bits per heavy atom. The van der Waals surface area contributed by atoms with Crippen LogP contribution in [0.4, 0.5) is 5.69 Å². The van der Waals surface area contributed by atoms with Crippen molar-refractivity contribution in [1.82, 2.24) is 9.97 Å². The molecule has 168 valence electrons. The molecule has 0 saturated heterocycles. The summed E-state index contributed by atoms with van der Waals surface area (Å²) in [6, 6.07) is 11.9. The number of aryl methyl sites for hydroxylation is 2. The topological polar surface area (TPSA) is 103 Å². The van der Waals surface area contributed by atoms with Crippen molar-refractivity contribution in [3.05, 3.63) is 59.4 Å². The number of anilines is 1. The van der Waals surface area contributed by atoms with Gasteiger partial charge in [-0.15, -0.1) is 0 Å². The molecule has 1 heterocycles. The van der Waals surface area contributed by atoms with Crippen molar-refractivity contribution in [2.24, 2.45) is 0 Å². The molecule has 2 aromatic carbocycles. The zero-order chi connectivity index (χ0) is 23.3. The normalized spacial score (nSPS) is 11.5. The quantitative estimate of drug-likeness (QED) is 0.510. The number of H-pyrrole nitrogens is 1. The van der Waals surface area contributed by atoms with Crippen LogP contribution in [-0.4, -0.2) is 42.2 Å². The molecule has 1 atom stereocenters. The van der Waals surface area contributed by atoms with Crippen LogP contribution in [0, 0.1) is 13.8 Å². The first kappa shape index (κ1) is 22.9. The number of nitrogens with zero attached hydrogens (tertiary/aromatic N) is 1. The van der Waals surface area contributed by atoms with Crippen molar-refractivity contribution in [2.75, 3.05) is 19.5 Å². The lowest BCUT2D eigenvalue weighted by molar-refractivity contribution is -0.124. The first-order valence-corrected chi connectivity index (χ1v) is 10.2. The van der Waals surface area contributed by atoms with E-state index >= 15 is 0 Å². The molecular weight excluding hydrogens is 410 g/mol. The van der Waals surface area contributed by atoms with E-state index in [2.05, 4.69) is 15.3 Å². The van der Waals surface area contributed by atoms with Crippen molar-refractivity contribution < 1.29 is 23.8 Å². The maximum atomic E-state index is 12.8. The number of ether oxygens (including phenoxy) is 3. The molecule has 8 heteroatoms. The molecule has 3 rings (SSSR count). The summed E-state index contributed by atoms with van der Waals surface area (Å²) in [6.45, 7) is 5.65. The van der Waals surface area contributed by atoms with Crippen molar-refractivity contribution >= 4 is 17.6 Å². The van der Waals surface area contributed by atoms with E-state index in [1.165, 1.54) is 14.2 Å². The molecule has 3 aromatic rings. The first-order valence-electron chi connectivity index (χ1n) is 10.2. The largest absolute Gasteiger partial charge is 0.497 e. The molecule has 8 nitrogen and oxygen atoms in total. The fourth-order valence-electron chi connectivity index (χ4n) is 3.09. The molecule has 0 spiro atoms. The second kappa shape index (κ2) is 10.00. The molecule has 1 amide bonds. The van der Waals surface area contributed by atoms with E-state index < -0.39 is 18.0 Å². The number of aromatic nitrogens is 2. The van der Waals surface area contributed by atoms with Crippen molar-refractivity contribution in [3.8, 4) is 22.9 Å². The van der Waals surface area contributed by atoms with Crippen LogP contribution in [0.3, 0.4) is 0 Å².